The van der Waals surface area contributed by atoms with Gasteiger partial charge in [0.1, 0.15) is 29.7 Å². The van der Waals surface area contributed by atoms with E-state index in [0.717, 1.165) is 5.56 Å². The maximum atomic E-state index is 15.1. The number of benzene rings is 3. The van der Waals surface area contributed by atoms with Gasteiger partial charge in [0.05, 0.1) is 18.3 Å². The molecule has 37 heavy (non-hydrogen) atoms. The average Bonchev–Trinajstić information content (AvgIpc) is 3.59. The molecule has 0 unspecified atom stereocenters. The van der Waals surface area contributed by atoms with Crippen LogP contribution in [0.5, 0.6) is 0 Å². The van der Waals surface area contributed by atoms with Crippen LogP contribution in [0.25, 0.3) is 11.0 Å². The zero-order valence-corrected chi connectivity index (χ0v) is 19.8. The number of nitrogens with zero attached hydrogens (tertiary/aromatic N) is 4. The largest absolute Gasteiger partial charge is 0.467 e. The molecule has 0 saturated carbocycles. The first-order valence-electron chi connectivity index (χ1n) is 11.8. The summed E-state index contributed by atoms with van der Waals surface area (Å²) in [5.41, 5.74) is 2.21. The van der Waals surface area contributed by atoms with E-state index in [9.17, 15) is 9.59 Å². The molecular formula is C28H24FN5O3. The van der Waals surface area contributed by atoms with Gasteiger partial charge in [0.15, 0.2) is 0 Å². The molecule has 0 spiro atoms. The van der Waals surface area contributed by atoms with Gasteiger partial charge in [-0.1, -0.05) is 65.9 Å². The summed E-state index contributed by atoms with van der Waals surface area (Å²) in [7, 11) is 0. The van der Waals surface area contributed by atoms with E-state index >= 15 is 4.39 Å². The Bertz CT molecular complexity index is 1500. The Labute approximate surface area is 212 Å². The van der Waals surface area contributed by atoms with Gasteiger partial charge in [0, 0.05) is 12.1 Å². The SMILES string of the molecule is O=C(NCc1ccco1)[C@H](c1ccccc1F)N(Cc1ccccc1)C(=O)Cn1nnc2ccccc21. The standard InChI is InChI=1S/C28H24FN5O3/c29-23-13-5-4-12-22(23)27(28(36)30-17-21-11-8-16-37-21)33(18-20-9-2-1-3-10-20)26(35)19-34-25-15-7-6-14-24(25)31-32-34/h1-16,27H,17-19H2,(H,30,36)/t27-/m0/s1. The van der Waals surface area contributed by atoms with Gasteiger partial charge in [-0.3, -0.25) is 9.59 Å². The van der Waals surface area contributed by atoms with Crippen LogP contribution in [-0.4, -0.2) is 31.7 Å². The Hall–Kier alpha value is -4.79. The lowest BCUT2D eigenvalue weighted by Gasteiger charge is -2.31. The number of para-hydroxylation sites is 1. The van der Waals surface area contributed by atoms with E-state index in [0.29, 0.717) is 16.8 Å². The lowest BCUT2D eigenvalue weighted by molar-refractivity contribution is -0.142. The molecule has 0 saturated heterocycles. The number of halogens is 1. The zero-order valence-electron chi connectivity index (χ0n) is 19.8. The summed E-state index contributed by atoms with van der Waals surface area (Å²) in [5, 5.41) is 11.0. The number of rotatable bonds is 9. The number of carbonyl (C=O) groups is 2. The molecule has 5 rings (SSSR count). The number of hydrogen-bond acceptors (Lipinski definition) is 5. The summed E-state index contributed by atoms with van der Waals surface area (Å²) < 4.78 is 21.9. The number of fused-ring (bicyclic) bond motifs is 1. The number of aromatic nitrogens is 3. The third-order valence-corrected chi connectivity index (χ3v) is 6.00. The quantitative estimate of drug-likeness (QED) is 0.329. The van der Waals surface area contributed by atoms with Crippen LogP contribution in [-0.2, 0) is 29.2 Å². The van der Waals surface area contributed by atoms with Gasteiger partial charge < -0.3 is 14.6 Å². The fourth-order valence-electron chi connectivity index (χ4n) is 4.19. The topological polar surface area (TPSA) is 93.3 Å². The van der Waals surface area contributed by atoms with Crippen molar-refractivity contribution >= 4 is 22.8 Å². The zero-order chi connectivity index (χ0) is 25.6. The highest BCUT2D eigenvalue weighted by molar-refractivity contribution is 5.89. The molecule has 8 nitrogen and oxygen atoms in total. The lowest BCUT2D eigenvalue weighted by Crippen LogP contribution is -2.44. The van der Waals surface area contributed by atoms with Crippen LogP contribution in [0.3, 0.4) is 0 Å². The van der Waals surface area contributed by atoms with Gasteiger partial charge in [-0.2, -0.15) is 0 Å². The van der Waals surface area contributed by atoms with E-state index in [4.69, 9.17) is 4.42 Å². The summed E-state index contributed by atoms with van der Waals surface area (Å²) in [5.74, 6) is -0.997. The van der Waals surface area contributed by atoms with Crippen molar-refractivity contribution in [3.63, 3.8) is 0 Å². The van der Waals surface area contributed by atoms with Crippen LogP contribution in [0.4, 0.5) is 4.39 Å². The van der Waals surface area contributed by atoms with Crippen molar-refractivity contribution in [3.05, 3.63) is 120 Å². The molecule has 1 atom stereocenters. The van der Waals surface area contributed by atoms with E-state index in [1.54, 1.807) is 30.3 Å². The van der Waals surface area contributed by atoms with Gasteiger partial charge in [0.2, 0.25) is 11.8 Å². The van der Waals surface area contributed by atoms with Gasteiger partial charge >= 0.3 is 0 Å². The second-order valence-corrected chi connectivity index (χ2v) is 8.46. The van der Waals surface area contributed by atoms with Crippen molar-refractivity contribution < 1.29 is 18.4 Å². The maximum Gasteiger partial charge on any atom is 0.247 e. The number of nitrogens with one attached hydrogen (secondary N) is 1. The minimum Gasteiger partial charge on any atom is -0.467 e. The Balaban J connectivity index is 1.52. The Morgan fingerprint density at radius 3 is 2.49 bits per heavy atom. The molecule has 0 fully saturated rings. The van der Waals surface area contributed by atoms with E-state index in [-0.39, 0.29) is 25.2 Å². The molecule has 0 aliphatic carbocycles. The second kappa shape index (κ2) is 10.9. The first-order chi connectivity index (χ1) is 18.1. The van der Waals surface area contributed by atoms with Crippen LogP contribution in [0.2, 0.25) is 0 Å². The first kappa shape index (κ1) is 23.9. The molecule has 1 N–H and O–H groups in total. The van der Waals surface area contributed by atoms with E-state index in [2.05, 4.69) is 15.6 Å². The first-order valence-corrected chi connectivity index (χ1v) is 11.8. The molecule has 186 valence electrons. The maximum absolute atomic E-state index is 15.1. The van der Waals surface area contributed by atoms with Crippen LogP contribution in [0.1, 0.15) is 22.9 Å². The van der Waals surface area contributed by atoms with Gasteiger partial charge in [-0.25, -0.2) is 9.07 Å². The smallest absolute Gasteiger partial charge is 0.247 e. The summed E-state index contributed by atoms with van der Waals surface area (Å²) >= 11 is 0. The molecular weight excluding hydrogens is 473 g/mol. The number of amides is 2. The third-order valence-electron chi connectivity index (χ3n) is 6.00. The van der Waals surface area contributed by atoms with E-state index in [1.165, 1.54) is 28.0 Å². The van der Waals surface area contributed by atoms with Crippen molar-refractivity contribution in [2.45, 2.75) is 25.7 Å². The number of carbonyl (C=O) groups excluding carboxylic acids is 2. The molecule has 0 radical (unpaired) electrons. The molecule has 2 amide bonds. The summed E-state index contributed by atoms with van der Waals surface area (Å²) in [4.78, 5) is 28.8. The van der Waals surface area contributed by atoms with Gasteiger partial charge in [-0.05, 0) is 35.9 Å². The molecule has 0 aliphatic heterocycles. The Morgan fingerprint density at radius 2 is 1.70 bits per heavy atom. The molecule has 2 aromatic heterocycles. The Morgan fingerprint density at radius 1 is 0.946 bits per heavy atom. The van der Waals surface area contributed by atoms with Crippen LogP contribution >= 0.6 is 0 Å². The van der Waals surface area contributed by atoms with Crippen molar-refractivity contribution in [2.75, 3.05) is 0 Å². The fraction of sp³-hybridized carbons (Fsp3) is 0.143. The minimum atomic E-state index is -1.24. The fourth-order valence-corrected chi connectivity index (χ4v) is 4.19. The van der Waals surface area contributed by atoms with E-state index in [1.807, 2.05) is 48.5 Å². The molecule has 2 heterocycles. The minimum absolute atomic E-state index is 0.0828. The van der Waals surface area contributed by atoms with Crippen molar-refractivity contribution in [2.24, 2.45) is 0 Å². The van der Waals surface area contributed by atoms with Crippen molar-refractivity contribution in [3.8, 4) is 0 Å². The highest BCUT2D eigenvalue weighted by Gasteiger charge is 2.34. The molecule has 5 aromatic rings. The molecule has 0 aliphatic rings. The third kappa shape index (κ3) is 5.40. The van der Waals surface area contributed by atoms with Crippen LogP contribution < -0.4 is 5.32 Å². The van der Waals surface area contributed by atoms with Gasteiger partial charge in [-0.15, -0.1) is 5.10 Å². The van der Waals surface area contributed by atoms with Crippen LogP contribution in [0.15, 0.2) is 102 Å². The Kier molecular flexibility index (Phi) is 7.02. The van der Waals surface area contributed by atoms with E-state index < -0.39 is 23.7 Å². The summed E-state index contributed by atoms with van der Waals surface area (Å²) in [6.07, 6.45) is 1.50. The molecule has 3 aromatic carbocycles. The number of furan rings is 1. The molecule has 9 heteroatoms. The second-order valence-electron chi connectivity index (χ2n) is 8.46. The predicted octanol–water partition coefficient (Wildman–Crippen LogP) is 4.25. The summed E-state index contributed by atoms with van der Waals surface area (Å²) in [6, 6.07) is 24.7. The summed E-state index contributed by atoms with van der Waals surface area (Å²) in [6.45, 7) is 0.00110. The highest BCUT2D eigenvalue weighted by atomic mass is 19.1. The molecule has 0 bridgehead atoms. The monoisotopic (exact) mass is 497 g/mol. The van der Waals surface area contributed by atoms with Crippen molar-refractivity contribution in [1.82, 2.24) is 25.2 Å². The highest BCUT2D eigenvalue weighted by Crippen LogP contribution is 2.27. The predicted molar refractivity (Wildman–Crippen MR) is 134 cm³/mol. The normalized spacial score (nSPS) is 11.8. The van der Waals surface area contributed by atoms with Crippen LogP contribution in [0, 0.1) is 5.82 Å². The van der Waals surface area contributed by atoms with Gasteiger partial charge in [0.25, 0.3) is 0 Å². The van der Waals surface area contributed by atoms with Crippen molar-refractivity contribution in [1.29, 1.82) is 0 Å². The average molecular weight is 498 g/mol. The lowest BCUT2D eigenvalue weighted by atomic mass is 10.0. The number of hydrogen-bond donors (Lipinski definition) is 1.